The van der Waals surface area contributed by atoms with Gasteiger partial charge in [0.2, 0.25) is 0 Å². The summed E-state index contributed by atoms with van der Waals surface area (Å²) >= 11 is 0. The number of nitrogens with zero attached hydrogens (tertiary/aromatic N) is 1. The molecule has 36 heavy (non-hydrogen) atoms. The van der Waals surface area contributed by atoms with E-state index in [1.165, 1.54) is 0 Å². The van der Waals surface area contributed by atoms with Crippen LogP contribution in [0.15, 0.2) is 108 Å². The Morgan fingerprint density at radius 2 is 1.31 bits per heavy atom. The third-order valence-electron chi connectivity index (χ3n) is 5.94. The normalized spacial score (nSPS) is 10.7. The van der Waals surface area contributed by atoms with Crippen LogP contribution in [0.25, 0.3) is 22.4 Å². The molecule has 1 aromatic heterocycles. The zero-order valence-electron chi connectivity index (χ0n) is 20.3. The fraction of sp³-hybridized carbons (Fsp3) is 0.129. The molecule has 0 atom stereocenters. The highest BCUT2D eigenvalue weighted by molar-refractivity contribution is 5.85. The highest BCUT2D eigenvalue weighted by Crippen LogP contribution is 2.41. The maximum atomic E-state index is 6.33. The minimum Gasteiger partial charge on any atom is -0.497 e. The van der Waals surface area contributed by atoms with Crippen molar-refractivity contribution in [3.05, 3.63) is 120 Å². The van der Waals surface area contributed by atoms with E-state index in [0.29, 0.717) is 19.0 Å². The molecule has 0 aliphatic heterocycles. The summed E-state index contributed by atoms with van der Waals surface area (Å²) in [6.07, 6.45) is 0. The van der Waals surface area contributed by atoms with Crippen LogP contribution in [0.2, 0.25) is 0 Å². The molecule has 0 fully saturated rings. The van der Waals surface area contributed by atoms with Gasteiger partial charge < -0.3 is 18.7 Å². The van der Waals surface area contributed by atoms with E-state index in [2.05, 4.69) is 5.16 Å². The van der Waals surface area contributed by atoms with Crippen molar-refractivity contribution in [2.75, 3.05) is 7.11 Å². The number of benzene rings is 4. The van der Waals surface area contributed by atoms with E-state index in [1.807, 2.05) is 110 Å². The molecule has 5 rings (SSSR count). The van der Waals surface area contributed by atoms with Crippen LogP contribution >= 0.6 is 0 Å². The van der Waals surface area contributed by atoms with Crippen LogP contribution in [0.4, 0.5) is 0 Å². The molecule has 0 saturated carbocycles. The average Bonchev–Trinajstić information content (AvgIpc) is 3.33. The fourth-order valence-corrected chi connectivity index (χ4v) is 4.04. The zero-order chi connectivity index (χ0) is 24.7. The van der Waals surface area contributed by atoms with Crippen molar-refractivity contribution in [1.82, 2.24) is 5.16 Å². The van der Waals surface area contributed by atoms with Gasteiger partial charge in [-0.2, -0.15) is 0 Å². The predicted molar refractivity (Wildman–Crippen MR) is 140 cm³/mol. The van der Waals surface area contributed by atoms with Gasteiger partial charge in [-0.1, -0.05) is 78.0 Å². The summed E-state index contributed by atoms with van der Waals surface area (Å²) in [5, 5.41) is 4.42. The molecular formula is C31H27NO4. The Morgan fingerprint density at radius 1 is 0.694 bits per heavy atom. The van der Waals surface area contributed by atoms with Gasteiger partial charge in [0, 0.05) is 11.6 Å². The largest absolute Gasteiger partial charge is 0.497 e. The van der Waals surface area contributed by atoms with Crippen LogP contribution < -0.4 is 14.2 Å². The molecule has 0 saturated heterocycles. The smallest absolute Gasteiger partial charge is 0.142 e. The molecule has 0 amide bonds. The lowest BCUT2D eigenvalue weighted by Gasteiger charge is -2.14. The van der Waals surface area contributed by atoms with E-state index in [0.717, 1.165) is 50.8 Å². The third kappa shape index (κ3) is 5.26. The molecule has 0 N–H and O–H groups in total. The Kier molecular flexibility index (Phi) is 6.99. The first-order valence-corrected chi connectivity index (χ1v) is 11.8. The summed E-state index contributed by atoms with van der Waals surface area (Å²) in [7, 11) is 1.66. The molecule has 5 heteroatoms. The maximum Gasteiger partial charge on any atom is 0.142 e. The van der Waals surface area contributed by atoms with E-state index in [4.69, 9.17) is 18.7 Å². The average molecular weight is 478 g/mol. The van der Waals surface area contributed by atoms with E-state index in [9.17, 15) is 0 Å². The Bertz CT molecular complexity index is 1410. The van der Waals surface area contributed by atoms with E-state index in [-0.39, 0.29) is 0 Å². The first-order chi connectivity index (χ1) is 17.7. The fourth-order valence-electron chi connectivity index (χ4n) is 4.04. The number of ether oxygens (including phenoxy) is 3. The Hall–Kier alpha value is -4.51. The van der Waals surface area contributed by atoms with Crippen molar-refractivity contribution < 1.29 is 18.7 Å². The van der Waals surface area contributed by atoms with Gasteiger partial charge in [0.1, 0.15) is 41.9 Å². The summed E-state index contributed by atoms with van der Waals surface area (Å²) in [4.78, 5) is 0. The van der Waals surface area contributed by atoms with E-state index < -0.39 is 0 Å². The van der Waals surface area contributed by atoms with Gasteiger partial charge >= 0.3 is 0 Å². The highest BCUT2D eigenvalue weighted by atomic mass is 16.5. The standard InChI is InChI=1S/C31H27NO4/c1-22-30(25-13-15-26(33-2)16-14-25)31(32-36-22)28-18-17-27(34-20-23-9-5-3-6-10-23)19-29(28)35-21-24-11-7-4-8-12-24/h3-19H,20-21H2,1-2H3. The maximum absolute atomic E-state index is 6.33. The van der Waals surface area contributed by atoms with Gasteiger partial charge in [-0.25, -0.2) is 0 Å². The molecule has 5 nitrogen and oxygen atoms in total. The van der Waals surface area contributed by atoms with Gasteiger partial charge in [0.15, 0.2) is 0 Å². The van der Waals surface area contributed by atoms with Gasteiger partial charge in [0.25, 0.3) is 0 Å². The molecule has 1 heterocycles. The molecule has 5 aromatic rings. The molecule has 4 aromatic carbocycles. The van der Waals surface area contributed by atoms with Gasteiger partial charge in [-0.05, 0) is 47.9 Å². The zero-order valence-corrected chi connectivity index (χ0v) is 20.3. The third-order valence-corrected chi connectivity index (χ3v) is 5.94. The topological polar surface area (TPSA) is 53.7 Å². The van der Waals surface area contributed by atoms with E-state index >= 15 is 0 Å². The molecule has 0 bridgehead atoms. The summed E-state index contributed by atoms with van der Waals surface area (Å²) in [6.45, 7) is 2.81. The van der Waals surface area contributed by atoms with Gasteiger partial charge in [-0.15, -0.1) is 0 Å². The van der Waals surface area contributed by atoms with Crippen LogP contribution in [0.3, 0.4) is 0 Å². The minimum absolute atomic E-state index is 0.421. The number of rotatable bonds is 9. The van der Waals surface area contributed by atoms with E-state index in [1.54, 1.807) is 7.11 Å². The number of hydrogen-bond acceptors (Lipinski definition) is 5. The molecule has 0 aliphatic rings. The van der Waals surface area contributed by atoms with Crippen molar-refractivity contribution in [2.45, 2.75) is 20.1 Å². The first-order valence-electron chi connectivity index (χ1n) is 11.8. The molecule has 0 spiro atoms. The summed E-state index contributed by atoms with van der Waals surface area (Å²) in [5.74, 6) is 2.92. The predicted octanol–water partition coefficient (Wildman–Crippen LogP) is 7.48. The molecule has 0 unspecified atom stereocenters. The summed E-state index contributed by atoms with van der Waals surface area (Å²) < 4.78 is 23.4. The number of methoxy groups -OCH3 is 1. The lowest BCUT2D eigenvalue weighted by molar-refractivity contribution is 0.290. The second-order valence-corrected chi connectivity index (χ2v) is 8.40. The minimum atomic E-state index is 0.421. The van der Waals surface area contributed by atoms with Crippen LogP contribution in [-0.4, -0.2) is 12.3 Å². The Morgan fingerprint density at radius 3 is 1.94 bits per heavy atom. The Balaban J connectivity index is 1.50. The van der Waals surface area contributed by atoms with Gasteiger partial charge in [0.05, 0.1) is 12.7 Å². The number of aryl methyl sites for hydroxylation is 1. The first kappa shape index (κ1) is 23.2. The van der Waals surface area contributed by atoms with Crippen molar-refractivity contribution in [3.8, 4) is 39.6 Å². The molecule has 0 radical (unpaired) electrons. The monoisotopic (exact) mass is 477 g/mol. The van der Waals surface area contributed by atoms with Crippen molar-refractivity contribution in [2.24, 2.45) is 0 Å². The number of aromatic nitrogens is 1. The van der Waals surface area contributed by atoms with Crippen LogP contribution in [0.5, 0.6) is 17.2 Å². The molecule has 0 aliphatic carbocycles. The SMILES string of the molecule is COc1ccc(-c2c(-c3ccc(OCc4ccccc4)cc3OCc3ccccc3)noc2C)cc1. The molecular weight excluding hydrogens is 450 g/mol. The van der Waals surface area contributed by atoms with Crippen LogP contribution in [0.1, 0.15) is 16.9 Å². The van der Waals surface area contributed by atoms with Gasteiger partial charge in [-0.3, -0.25) is 0 Å². The van der Waals surface area contributed by atoms with Crippen molar-refractivity contribution in [3.63, 3.8) is 0 Å². The lowest BCUT2D eigenvalue weighted by Crippen LogP contribution is -2.00. The van der Waals surface area contributed by atoms with Crippen LogP contribution in [0, 0.1) is 6.92 Å². The van der Waals surface area contributed by atoms with Crippen molar-refractivity contribution >= 4 is 0 Å². The van der Waals surface area contributed by atoms with Crippen molar-refractivity contribution in [1.29, 1.82) is 0 Å². The summed E-state index contributed by atoms with van der Waals surface area (Å²) in [5.41, 5.74) is 5.63. The quantitative estimate of drug-likeness (QED) is 0.220. The second-order valence-electron chi connectivity index (χ2n) is 8.40. The molecule has 180 valence electrons. The second kappa shape index (κ2) is 10.8. The number of hydrogen-bond donors (Lipinski definition) is 0. The lowest BCUT2D eigenvalue weighted by atomic mass is 9.98. The highest BCUT2D eigenvalue weighted by Gasteiger charge is 2.21. The summed E-state index contributed by atoms with van der Waals surface area (Å²) in [6, 6.07) is 33.9. The Labute approximate surface area is 210 Å². The van der Waals surface area contributed by atoms with Crippen LogP contribution in [-0.2, 0) is 13.2 Å².